The van der Waals surface area contributed by atoms with E-state index in [0.29, 0.717) is 0 Å². The number of ether oxygens (including phenoxy) is 2. The molecule has 0 aliphatic heterocycles. The molecule has 0 fully saturated rings. The molecule has 0 radical (unpaired) electrons. The van der Waals surface area contributed by atoms with Gasteiger partial charge in [-0.1, -0.05) is 84.9 Å². The fourth-order valence-electron chi connectivity index (χ4n) is 3.17. The Kier molecular flexibility index (Phi) is 9.21. The van der Waals surface area contributed by atoms with E-state index in [1.54, 1.807) is 0 Å². The first-order valence-electron chi connectivity index (χ1n) is 10.5. The van der Waals surface area contributed by atoms with Gasteiger partial charge in [-0.25, -0.2) is 10.9 Å². The van der Waals surface area contributed by atoms with Crippen molar-refractivity contribution in [2.45, 2.75) is 12.2 Å². The molecule has 0 aliphatic carbocycles. The van der Waals surface area contributed by atoms with Crippen molar-refractivity contribution in [3.63, 3.8) is 0 Å². The number of carbonyl (C=O) groups is 2. The smallest absolute Gasteiger partial charge is 0.273 e. The molecule has 0 bridgehead atoms. The van der Waals surface area contributed by atoms with Crippen LogP contribution < -0.4 is 10.9 Å². The molecule has 0 saturated carbocycles. The minimum Gasteiger partial charge on any atom is -0.367 e. The molecule has 0 spiro atoms. The molecule has 3 rings (SSSR count). The maximum absolute atomic E-state index is 12.3. The number of carbonyl (C=O) groups excluding carboxylic acids is 2. The summed E-state index contributed by atoms with van der Waals surface area (Å²) in [7, 11) is 2.95. The fourth-order valence-corrected chi connectivity index (χ4v) is 3.17. The van der Waals surface area contributed by atoms with Crippen LogP contribution in [-0.2, 0) is 19.1 Å². The van der Waals surface area contributed by atoms with E-state index in [-0.39, 0.29) is 11.8 Å². The van der Waals surface area contributed by atoms with E-state index < -0.39 is 12.2 Å². The van der Waals surface area contributed by atoms with Gasteiger partial charge in [0.25, 0.3) is 11.8 Å². The Labute approximate surface area is 198 Å². The first kappa shape index (κ1) is 24.5. The molecule has 8 nitrogen and oxygen atoms in total. The summed E-state index contributed by atoms with van der Waals surface area (Å²) < 4.78 is 10.6. The summed E-state index contributed by atoms with van der Waals surface area (Å²) >= 11 is 0. The average Bonchev–Trinajstić information content (AvgIpc) is 2.87. The number of hydrogen-bond donors (Lipinski definition) is 2. The summed E-state index contributed by atoms with van der Waals surface area (Å²) in [6.07, 6.45) is 1.57. The van der Waals surface area contributed by atoms with Gasteiger partial charge in [-0.3, -0.25) is 9.59 Å². The quantitative estimate of drug-likeness (QED) is 0.359. The lowest BCUT2D eigenvalue weighted by Crippen LogP contribution is -2.26. The lowest BCUT2D eigenvalue weighted by atomic mass is 10.1. The highest BCUT2D eigenvalue weighted by atomic mass is 16.5. The third-order valence-corrected chi connectivity index (χ3v) is 4.87. The Balaban J connectivity index is 1.51. The molecular weight excluding hydrogens is 432 g/mol. The second-order valence-electron chi connectivity index (χ2n) is 7.19. The van der Waals surface area contributed by atoms with Gasteiger partial charge in [-0.15, -0.1) is 0 Å². The van der Waals surface area contributed by atoms with Crippen molar-refractivity contribution in [2.24, 2.45) is 10.2 Å². The molecule has 3 aromatic carbocycles. The molecule has 0 aromatic heterocycles. The monoisotopic (exact) mass is 458 g/mol. The summed E-state index contributed by atoms with van der Waals surface area (Å²) in [5.74, 6) is -0.733. The largest absolute Gasteiger partial charge is 0.367 e. The van der Waals surface area contributed by atoms with E-state index in [4.69, 9.17) is 9.47 Å². The Morgan fingerprint density at radius 2 is 1.00 bits per heavy atom. The minimum atomic E-state index is -0.744. The Hall–Kier alpha value is -4.14. The van der Waals surface area contributed by atoms with Crippen LogP contribution in [0.25, 0.3) is 0 Å². The minimum absolute atomic E-state index is 0.366. The van der Waals surface area contributed by atoms with Crippen molar-refractivity contribution in [3.8, 4) is 0 Å². The molecule has 0 saturated heterocycles. The van der Waals surface area contributed by atoms with Crippen LogP contribution in [0.3, 0.4) is 0 Å². The number of amides is 2. The number of rotatable bonds is 10. The van der Waals surface area contributed by atoms with Gasteiger partial charge in [-0.2, -0.15) is 10.2 Å². The van der Waals surface area contributed by atoms with Gasteiger partial charge in [0.15, 0.2) is 12.2 Å². The van der Waals surface area contributed by atoms with Gasteiger partial charge < -0.3 is 9.47 Å². The van der Waals surface area contributed by atoms with E-state index in [1.165, 1.54) is 26.6 Å². The number of methoxy groups -OCH3 is 2. The van der Waals surface area contributed by atoms with Crippen LogP contribution in [0.5, 0.6) is 0 Å². The van der Waals surface area contributed by atoms with Crippen LogP contribution in [-0.4, -0.2) is 38.5 Å². The van der Waals surface area contributed by atoms with Crippen LogP contribution >= 0.6 is 0 Å². The standard InChI is InChI=1S/C26H26N4O4/c1-33-23(21-9-5-3-6-10-21)25(31)29-27-17-19-13-15-20(16-14-19)18-28-30-26(32)24(34-2)22-11-7-4-8-12-22/h3-18,23-24H,1-2H3,(H,29,31)(H,30,32). The molecule has 2 atom stereocenters. The van der Waals surface area contributed by atoms with Gasteiger partial charge in [0.2, 0.25) is 0 Å². The zero-order valence-electron chi connectivity index (χ0n) is 18.9. The zero-order valence-corrected chi connectivity index (χ0v) is 18.9. The Bertz CT molecular complexity index is 1030. The Morgan fingerprint density at radius 1 is 0.647 bits per heavy atom. The van der Waals surface area contributed by atoms with Gasteiger partial charge in [0.1, 0.15) is 0 Å². The predicted molar refractivity (Wildman–Crippen MR) is 130 cm³/mol. The first-order chi connectivity index (χ1) is 16.6. The third-order valence-electron chi connectivity index (χ3n) is 4.87. The van der Waals surface area contributed by atoms with Crippen LogP contribution in [0.1, 0.15) is 34.5 Å². The summed E-state index contributed by atoms with van der Waals surface area (Å²) in [5.41, 5.74) is 8.02. The highest BCUT2D eigenvalue weighted by molar-refractivity contribution is 5.87. The summed E-state index contributed by atoms with van der Waals surface area (Å²) in [4.78, 5) is 24.7. The Morgan fingerprint density at radius 3 is 1.32 bits per heavy atom. The zero-order chi connectivity index (χ0) is 24.2. The van der Waals surface area contributed by atoms with Crippen molar-refractivity contribution in [3.05, 3.63) is 107 Å². The van der Waals surface area contributed by atoms with Crippen molar-refractivity contribution in [1.29, 1.82) is 0 Å². The number of hydrogen-bond acceptors (Lipinski definition) is 6. The number of hydrazone groups is 2. The van der Waals surface area contributed by atoms with Crippen LogP contribution in [0.15, 0.2) is 95.1 Å². The van der Waals surface area contributed by atoms with E-state index in [2.05, 4.69) is 21.1 Å². The van der Waals surface area contributed by atoms with Gasteiger partial charge >= 0.3 is 0 Å². The van der Waals surface area contributed by atoms with Crippen LogP contribution in [0, 0.1) is 0 Å². The maximum Gasteiger partial charge on any atom is 0.273 e. The second kappa shape index (κ2) is 12.8. The molecule has 0 heterocycles. The van der Waals surface area contributed by atoms with Crippen molar-refractivity contribution in [2.75, 3.05) is 14.2 Å². The van der Waals surface area contributed by atoms with Crippen molar-refractivity contribution >= 4 is 24.2 Å². The molecule has 2 unspecified atom stereocenters. The van der Waals surface area contributed by atoms with Crippen LogP contribution in [0.4, 0.5) is 0 Å². The summed E-state index contributed by atoms with van der Waals surface area (Å²) in [6.45, 7) is 0. The lowest BCUT2D eigenvalue weighted by Gasteiger charge is -2.13. The van der Waals surface area contributed by atoms with E-state index >= 15 is 0 Å². The molecule has 34 heavy (non-hydrogen) atoms. The van der Waals surface area contributed by atoms with Gasteiger partial charge in [-0.05, 0) is 22.3 Å². The molecule has 2 amide bonds. The van der Waals surface area contributed by atoms with E-state index in [1.807, 2.05) is 84.9 Å². The lowest BCUT2D eigenvalue weighted by molar-refractivity contribution is -0.132. The van der Waals surface area contributed by atoms with Crippen molar-refractivity contribution < 1.29 is 19.1 Å². The first-order valence-corrected chi connectivity index (χ1v) is 10.5. The molecular formula is C26H26N4O4. The normalized spacial score (nSPS) is 13.0. The predicted octanol–water partition coefficient (Wildman–Crippen LogP) is 3.36. The maximum atomic E-state index is 12.3. The third kappa shape index (κ3) is 6.93. The molecule has 3 aromatic rings. The highest BCUT2D eigenvalue weighted by Crippen LogP contribution is 2.17. The number of benzene rings is 3. The number of nitrogens with zero attached hydrogens (tertiary/aromatic N) is 2. The van der Waals surface area contributed by atoms with Crippen molar-refractivity contribution in [1.82, 2.24) is 10.9 Å². The van der Waals surface area contributed by atoms with Gasteiger partial charge in [0.05, 0.1) is 12.4 Å². The molecule has 2 N–H and O–H groups in total. The highest BCUT2D eigenvalue weighted by Gasteiger charge is 2.19. The topological polar surface area (TPSA) is 101 Å². The van der Waals surface area contributed by atoms with Gasteiger partial charge in [0, 0.05) is 14.2 Å². The average molecular weight is 459 g/mol. The van der Waals surface area contributed by atoms with E-state index in [9.17, 15) is 9.59 Å². The second-order valence-corrected chi connectivity index (χ2v) is 7.19. The fraction of sp³-hybridized carbons (Fsp3) is 0.154. The molecule has 174 valence electrons. The van der Waals surface area contributed by atoms with Crippen LogP contribution in [0.2, 0.25) is 0 Å². The molecule has 0 aliphatic rings. The molecule has 8 heteroatoms. The summed E-state index contributed by atoms with van der Waals surface area (Å²) in [6, 6.07) is 25.6. The summed E-state index contributed by atoms with van der Waals surface area (Å²) in [5, 5.41) is 8.00. The SMILES string of the molecule is COC(C(=O)NN=Cc1ccc(C=NNC(=O)C(OC)c2ccccc2)cc1)c1ccccc1. The van der Waals surface area contributed by atoms with E-state index in [0.717, 1.165) is 22.3 Å². The number of nitrogens with one attached hydrogen (secondary N) is 2.